The number of carbonyl (C=O) groups is 2. The van der Waals surface area contributed by atoms with Crippen LogP contribution < -0.4 is 4.74 Å². The van der Waals surface area contributed by atoms with Crippen molar-refractivity contribution in [2.45, 2.75) is 25.1 Å². The molecule has 0 aliphatic carbocycles. The summed E-state index contributed by atoms with van der Waals surface area (Å²) in [7, 11) is 1.25. The second-order valence-electron chi connectivity index (χ2n) is 7.42. The summed E-state index contributed by atoms with van der Waals surface area (Å²) in [5.74, 6) is -1.71. The number of methoxy groups -OCH3 is 1. The van der Waals surface area contributed by atoms with Gasteiger partial charge < -0.3 is 14.4 Å². The summed E-state index contributed by atoms with van der Waals surface area (Å²) in [5, 5.41) is 4.19. The molecule has 166 valence electrons. The SMILES string of the molecule is COC(=O)C1CC(Oc2ccccc2F)CN1C(=O)Cn1cc(-c2ccc(F)cc2)cn1. The van der Waals surface area contributed by atoms with Crippen LogP contribution >= 0.6 is 0 Å². The van der Waals surface area contributed by atoms with Gasteiger partial charge in [0.25, 0.3) is 0 Å². The fraction of sp³-hybridized carbons (Fsp3) is 0.261. The third-order valence-electron chi connectivity index (χ3n) is 5.29. The highest BCUT2D eigenvalue weighted by Gasteiger charge is 2.41. The van der Waals surface area contributed by atoms with Crippen LogP contribution in [0, 0.1) is 11.6 Å². The topological polar surface area (TPSA) is 73.7 Å². The summed E-state index contributed by atoms with van der Waals surface area (Å²) in [6.07, 6.45) is 2.87. The highest BCUT2D eigenvalue weighted by atomic mass is 19.1. The molecule has 2 aromatic carbocycles. The third-order valence-corrected chi connectivity index (χ3v) is 5.29. The van der Waals surface area contributed by atoms with E-state index in [-0.39, 0.29) is 37.0 Å². The lowest BCUT2D eigenvalue weighted by Crippen LogP contribution is -2.42. The molecule has 3 aromatic rings. The van der Waals surface area contributed by atoms with E-state index in [1.54, 1.807) is 36.7 Å². The van der Waals surface area contributed by atoms with Crippen LogP contribution in [0.1, 0.15) is 6.42 Å². The van der Waals surface area contributed by atoms with Gasteiger partial charge in [0.05, 0.1) is 19.9 Å². The smallest absolute Gasteiger partial charge is 0.328 e. The van der Waals surface area contributed by atoms with Gasteiger partial charge in [-0.1, -0.05) is 24.3 Å². The van der Waals surface area contributed by atoms with E-state index in [9.17, 15) is 18.4 Å². The predicted octanol–water partition coefficient (Wildman–Crippen LogP) is 3.05. The van der Waals surface area contributed by atoms with Gasteiger partial charge in [-0.15, -0.1) is 0 Å². The summed E-state index contributed by atoms with van der Waals surface area (Å²) in [6.45, 7) is 0.000128. The van der Waals surface area contributed by atoms with Crippen molar-refractivity contribution in [3.05, 3.63) is 72.6 Å². The number of likely N-dealkylation sites (tertiary alicyclic amines) is 1. The van der Waals surface area contributed by atoms with Crippen molar-refractivity contribution in [1.29, 1.82) is 0 Å². The van der Waals surface area contributed by atoms with E-state index in [0.29, 0.717) is 0 Å². The Morgan fingerprint density at radius 3 is 2.56 bits per heavy atom. The highest BCUT2D eigenvalue weighted by molar-refractivity contribution is 5.85. The second kappa shape index (κ2) is 9.17. The summed E-state index contributed by atoms with van der Waals surface area (Å²) in [5.41, 5.74) is 1.49. The maximum atomic E-state index is 13.9. The number of nitrogens with zero attached hydrogens (tertiary/aromatic N) is 3. The number of esters is 1. The Hall–Kier alpha value is -3.75. The number of ether oxygens (including phenoxy) is 2. The van der Waals surface area contributed by atoms with Crippen LogP contribution in [0.2, 0.25) is 0 Å². The Balaban J connectivity index is 1.46. The van der Waals surface area contributed by atoms with Gasteiger partial charge in [0.1, 0.15) is 24.5 Å². The van der Waals surface area contributed by atoms with Gasteiger partial charge >= 0.3 is 5.97 Å². The molecule has 9 heteroatoms. The maximum Gasteiger partial charge on any atom is 0.328 e. The van der Waals surface area contributed by atoms with Crippen LogP contribution in [-0.2, 0) is 20.9 Å². The number of carbonyl (C=O) groups excluding carboxylic acids is 2. The largest absolute Gasteiger partial charge is 0.485 e. The summed E-state index contributed by atoms with van der Waals surface area (Å²) >= 11 is 0. The molecule has 0 N–H and O–H groups in total. The van der Waals surface area contributed by atoms with E-state index in [2.05, 4.69) is 5.10 Å². The molecule has 32 heavy (non-hydrogen) atoms. The van der Waals surface area contributed by atoms with Crippen molar-refractivity contribution >= 4 is 11.9 Å². The Labute approximate surface area is 183 Å². The zero-order valence-corrected chi connectivity index (χ0v) is 17.3. The molecule has 2 unspecified atom stereocenters. The molecule has 0 spiro atoms. The number of amides is 1. The number of para-hydroxylation sites is 1. The summed E-state index contributed by atoms with van der Waals surface area (Å²) in [6, 6.07) is 11.1. The quantitative estimate of drug-likeness (QED) is 0.550. The molecule has 2 heterocycles. The van der Waals surface area contributed by atoms with E-state index >= 15 is 0 Å². The van der Waals surface area contributed by atoms with E-state index in [0.717, 1.165) is 11.1 Å². The van der Waals surface area contributed by atoms with E-state index in [1.165, 1.54) is 41.0 Å². The number of halogens is 2. The zero-order valence-electron chi connectivity index (χ0n) is 17.3. The van der Waals surface area contributed by atoms with Gasteiger partial charge in [-0.05, 0) is 29.8 Å². The Morgan fingerprint density at radius 1 is 1.09 bits per heavy atom. The first-order valence-corrected chi connectivity index (χ1v) is 10.0. The molecule has 0 radical (unpaired) electrons. The molecule has 2 atom stereocenters. The third kappa shape index (κ3) is 4.61. The molecule has 0 bridgehead atoms. The second-order valence-corrected chi connectivity index (χ2v) is 7.42. The van der Waals surface area contributed by atoms with Crippen molar-refractivity contribution in [2.24, 2.45) is 0 Å². The molecule has 1 amide bonds. The molecule has 1 fully saturated rings. The Kier molecular flexibility index (Phi) is 6.16. The first kappa shape index (κ1) is 21.5. The number of rotatable bonds is 6. The minimum Gasteiger partial charge on any atom is -0.485 e. The molecular weight excluding hydrogens is 420 g/mol. The first-order valence-electron chi connectivity index (χ1n) is 10.0. The van der Waals surface area contributed by atoms with Crippen molar-refractivity contribution in [3.8, 4) is 16.9 Å². The van der Waals surface area contributed by atoms with Gasteiger partial charge in [0.2, 0.25) is 5.91 Å². The molecule has 1 aliphatic heterocycles. The van der Waals surface area contributed by atoms with E-state index in [4.69, 9.17) is 9.47 Å². The van der Waals surface area contributed by atoms with Gasteiger partial charge in [-0.3, -0.25) is 9.48 Å². The van der Waals surface area contributed by atoms with Crippen LogP contribution in [0.3, 0.4) is 0 Å². The van der Waals surface area contributed by atoms with Crippen LogP contribution in [0.4, 0.5) is 8.78 Å². The van der Waals surface area contributed by atoms with Gasteiger partial charge in [-0.2, -0.15) is 5.10 Å². The van der Waals surface area contributed by atoms with Crippen molar-refractivity contribution in [2.75, 3.05) is 13.7 Å². The van der Waals surface area contributed by atoms with E-state index in [1.807, 2.05) is 0 Å². The van der Waals surface area contributed by atoms with Gasteiger partial charge in [-0.25, -0.2) is 13.6 Å². The van der Waals surface area contributed by atoms with Gasteiger partial charge in [0.15, 0.2) is 11.6 Å². The molecule has 1 saturated heterocycles. The lowest BCUT2D eigenvalue weighted by molar-refractivity contribution is -0.151. The van der Waals surface area contributed by atoms with Crippen molar-refractivity contribution in [3.63, 3.8) is 0 Å². The number of hydrogen-bond donors (Lipinski definition) is 0. The zero-order chi connectivity index (χ0) is 22.7. The Bertz CT molecular complexity index is 1120. The fourth-order valence-electron chi connectivity index (χ4n) is 3.71. The number of hydrogen-bond acceptors (Lipinski definition) is 5. The Morgan fingerprint density at radius 2 is 1.84 bits per heavy atom. The average molecular weight is 441 g/mol. The fourth-order valence-corrected chi connectivity index (χ4v) is 3.71. The average Bonchev–Trinajstić information content (AvgIpc) is 3.43. The molecular formula is C23H21F2N3O4. The molecule has 0 saturated carbocycles. The summed E-state index contributed by atoms with van der Waals surface area (Å²) < 4.78 is 39.1. The minimum absolute atomic E-state index is 0.0615. The molecule has 4 rings (SSSR count). The maximum absolute atomic E-state index is 13.9. The standard InChI is InChI=1S/C23H21F2N3O4/c1-31-23(30)20-10-18(32-21-5-3-2-4-19(21)25)13-28(20)22(29)14-27-12-16(11-26-27)15-6-8-17(24)9-7-15/h2-9,11-12,18,20H,10,13-14H2,1H3. The van der Waals surface area contributed by atoms with Gasteiger partial charge in [0, 0.05) is 18.2 Å². The normalized spacial score (nSPS) is 17.9. The first-order chi connectivity index (χ1) is 15.4. The van der Waals surface area contributed by atoms with E-state index < -0.39 is 23.9 Å². The lowest BCUT2D eigenvalue weighted by atomic mass is 10.1. The number of benzene rings is 2. The van der Waals surface area contributed by atoms with Crippen LogP contribution in [0.25, 0.3) is 11.1 Å². The summed E-state index contributed by atoms with van der Waals surface area (Å²) in [4.78, 5) is 26.6. The number of aromatic nitrogens is 2. The molecule has 1 aliphatic rings. The van der Waals surface area contributed by atoms with Crippen LogP contribution in [0.15, 0.2) is 60.9 Å². The predicted molar refractivity (Wildman–Crippen MR) is 111 cm³/mol. The van der Waals surface area contributed by atoms with Crippen molar-refractivity contribution < 1.29 is 27.8 Å². The monoisotopic (exact) mass is 441 g/mol. The lowest BCUT2D eigenvalue weighted by Gasteiger charge is -2.22. The van der Waals surface area contributed by atoms with Crippen LogP contribution in [0.5, 0.6) is 5.75 Å². The molecule has 1 aromatic heterocycles. The van der Waals surface area contributed by atoms with Crippen LogP contribution in [-0.4, -0.2) is 52.4 Å². The minimum atomic E-state index is -0.837. The molecule has 7 nitrogen and oxygen atoms in total. The van der Waals surface area contributed by atoms with Crippen molar-refractivity contribution in [1.82, 2.24) is 14.7 Å². The highest BCUT2D eigenvalue weighted by Crippen LogP contribution is 2.26.